The summed E-state index contributed by atoms with van der Waals surface area (Å²) in [6, 6.07) is 8.41. The van der Waals surface area contributed by atoms with E-state index in [4.69, 9.17) is 10.2 Å². The number of nitrogens with zero attached hydrogens (tertiary/aromatic N) is 3. The highest BCUT2D eigenvalue weighted by Gasteiger charge is 2.25. The predicted molar refractivity (Wildman–Crippen MR) is 121 cm³/mol. The van der Waals surface area contributed by atoms with Crippen LogP contribution >= 0.6 is 23.1 Å². The molecule has 0 amide bonds. The highest BCUT2D eigenvalue weighted by molar-refractivity contribution is 7.99. The molecule has 1 aromatic carbocycles. The molecule has 0 aliphatic heterocycles. The van der Waals surface area contributed by atoms with Gasteiger partial charge in [0.1, 0.15) is 4.83 Å². The molecule has 0 fully saturated rings. The summed E-state index contributed by atoms with van der Waals surface area (Å²) in [4.78, 5) is 21.0. The largest absolute Gasteiger partial charge is 0.268 e. The van der Waals surface area contributed by atoms with Crippen molar-refractivity contribution in [3.63, 3.8) is 0 Å². The van der Waals surface area contributed by atoms with Crippen LogP contribution in [0.15, 0.2) is 28.2 Å². The van der Waals surface area contributed by atoms with Crippen LogP contribution in [0, 0.1) is 31.1 Å². The molecule has 4 rings (SSSR count). The zero-order valence-corrected chi connectivity index (χ0v) is 18.8. The molecule has 0 spiro atoms. The first kappa shape index (κ1) is 20.2. The highest BCUT2D eigenvalue weighted by atomic mass is 32.2. The molecule has 0 bridgehead atoms. The maximum atomic E-state index is 13.8. The lowest BCUT2D eigenvalue weighted by molar-refractivity contribution is 0.509. The SMILES string of the molecule is Cc1ccc(C)c(-n2c(SCCCC#N)nc3sc4c(c3c2=O)CC[C@H](C)C4)c1. The monoisotopic (exact) mass is 423 g/mol. The van der Waals surface area contributed by atoms with Crippen molar-refractivity contribution < 1.29 is 0 Å². The van der Waals surface area contributed by atoms with Crippen LogP contribution in [0.4, 0.5) is 0 Å². The molecule has 150 valence electrons. The number of thioether (sulfide) groups is 1. The fourth-order valence-corrected chi connectivity index (χ4v) is 6.32. The molecule has 1 aliphatic carbocycles. The number of hydrogen-bond acceptors (Lipinski definition) is 5. The topological polar surface area (TPSA) is 58.7 Å². The molecule has 4 nitrogen and oxygen atoms in total. The molecule has 1 aliphatic rings. The molecular formula is C23H25N3OS2. The molecule has 0 saturated carbocycles. The van der Waals surface area contributed by atoms with Crippen LogP contribution in [0.2, 0.25) is 0 Å². The minimum Gasteiger partial charge on any atom is -0.268 e. The summed E-state index contributed by atoms with van der Waals surface area (Å²) in [7, 11) is 0. The zero-order valence-electron chi connectivity index (χ0n) is 17.1. The smallest absolute Gasteiger partial charge is 0.267 e. The molecule has 0 radical (unpaired) electrons. The van der Waals surface area contributed by atoms with E-state index in [1.807, 2.05) is 18.4 Å². The van der Waals surface area contributed by atoms with Crippen LogP contribution in [0.3, 0.4) is 0 Å². The molecule has 0 unspecified atom stereocenters. The molecule has 3 aromatic rings. The zero-order chi connectivity index (χ0) is 20.5. The molecule has 0 N–H and O–H groups in total. The Morgan fingerprint density at radius 2 is 2.21 bits per heavy atom. The molecule has 1 atom stereocenters. The van der Waals surface area contributed by atoms with Gasteiger partial charge in [-0.1, -0.05) is 30.8 Å². The number of benzene rings is 1. The van der Waals surface area contributed by atoms with Gasteiger partial charge in [0.05, 0.1) is 17.1 Å². The first-order valence-electron chi connectivity index (χ1n) is 10.1. The molecule has 2 heterocycles. The highest BCUT2D eigenvalue weighted by Crippen LogP contribution is 2.37. The van der Waals surface area contributed by atoms with Gasteiger partial charge >= 0.3 is 0 Å². The van der Waals surface area contributed by atoms with Gasteiger partial charge in [0.15, 0.2) is 5.16 Å². The Bertz CT molecular complexity index is 1170. The van der Waals surface area contributed by atoms with E-state index in [1.54, 1.807) is 23.1 Å². The molecular weight excluding hydrogens is 398 g/mol. The van der Waals surface area contributed by atoms with E-state index in [0.717, 1.165) is 63.6 Å². The van der Waals surface area contributed by atoms with Crippen molar-refractivity contribution in [1.82, 2.24) is 9.55 Å². The molecule has 6 heteroatoms. The molecule has 0 saturated heterocycles. The van der Waals surface area contributed by atoms with Crippen LogP contribution in [0.5, 0.6) is 0 Å². The van der Waals surface area contributed by atoms with Crippen molar-refractivity contribution in [3.05, 3.63) is 50.1 Å². The second-order valence-electron chi connectivity index (χ2n) is 7.97. The standard InChI is InChI=1S/C23H25N3OS2/c1-14-6-8-16(3)18(12-14)26-22(27)20-17-9-7-15(2)13-19(17)29-21(20)25-23(26)28-11-5-4-10-24/h6,8,12,15H,4-5,7,9,11,13H2,1-3H3/t15-/m0/s1. The van der Waals surface area contributed by atoms with E-state index in [2.05, 4.69) is 31.2 Å². The van der Waals surface area contributed by atoms with Crippen LogP contribution in [-0.4, -0.2) is 15.3 Å². The summed E-state index contributed by atoms with van der Waals surface area (Å²) < 4.78 is 1.81. The van der Waals surface area contributed by atoms with E-state index < -0.39 is 0 Å². The Hall–Kier alpha value is -2.10. The summed E-state index contributed by atoms with van der Waals surface area (Å²) in [6.45, 7) is 6.37. The average Bonchev–Trinajstić information content (AvgIpc) is 3.05. The van der Waals surface area contributed by atoms with Crippen molar-refractivity contribution in [2.24, 2.45) is 5.92 Å². The lowest BCUT2D eigenvalue weighted by Gasteiger charge is -2.18. The Morgan fingerprint density at radius 3 is 3.00 bits per heavy atom. The van der Waals surface area contributed by atoms with E-state index in [9.17, 15) is 4.79 Å². The van der Waals surface area contributed by atoms with Crippen molar-refractivity contribution in [2.45, 2.75) is 58.0 Å². The molecule has 29 heavy (non-hydrogen) atoms. The first-order chi connectivity index (χ1) is 14.0. The maximum Gasteiger partial charge on any atom is 0.267 e. The second-order valence-corrected chi connectivity index (χ2v) is 10.1. The summed E-state index contributed by atoms with van der Waals surface area (Å²) in [6.07, 6.45) is 4.46. The number of thiophene rings is 1. The van der Waals surface area contributed by atoms with Gasteiger partial charge in [0.25, 0.3) is 5.56 Å². The van der Waals surface area contributed by atoms with Crippen LogP contribution in [0.1, 0.15) is 47.8 Å². The number of aryl methyl sites for hydroxylation is 3. The van der Waals surface area contributed by atoms with Crippen molar-refractivity contribution in [1.29, 1.82) is 5.26 Å². The quantitative estimate of drug-likeness (QED) is 0.305. The van der Waals surface area contributed by atoms with Crippen LogP contribution in [0.25, 0.3) is 15.9 Å². The van der Waals surface area contributed by atoms with E-state index in [0.29, 0.717) is 12.3 Å². The maximum absolute atomic E-state index is 13.8. The second kappa shape index (κ2) is 8.33. The van der Waals surface area contributed by atoms with Gasteiger partial charge in [-0.15, -0.1) is 11.3 Å². The Kier molecular flexibility index (Phi) is 5.80. The van der Waals surface area contributed by atoms with Crippen LogP contribution < -0.4 is 5.56 Å². The number of unbranched alkanes of at least 4 members (excludes halogenated alkanes) is 1. The number of rotatable bonds is 5. The fourth-order valence-electron chi connectivity index (χ4n) is 3.96. The van der Waals surface area contributed by atoms with Crippen LogP contribution in [-0.2, 0) is 12.8 Å². The van der Waals surface area contributed by atoms with E-state index >= 15 is 0 Å². The first-order valence-corrected chi connectivity index (χ1v) is 11.9. The van der Waals surface area contributed by atoms with Gasteiger partial charge in [-0.2, -0.15) is 5.26 Å². The fraction of sp³-hybridized carbons (Fsp3) is 0.435. The lowest BCUT2D eigenvalue weighted by Crippen LogP contribution is -2.23. The Morgan fingerprint density at radius 1 is 1.38 bits per heavy atom. The summed E-state index contributed by atoms with van der Waals surface area (Å²) in [5.74, 6) is 1.44. The van der Waals surface area contributed by atoms with E-state index in [-0.39, 0.29) is 5.56 Å². The number of nitriles is 1. The summed E-state index contributed by atoms with van der Waals surface area (Å²) in [5.41, 5.74) is 4.38. The molecule has 2 aromatic heterocycles. The van der Waals surface area contributed by atoms with Gasteiger partial charge in [0, 0.05) is 17.1 Å². The van der Waals surface area contributed by atoms with Gasteiger partial charge in [-0.05, 0) is 68.2 Å². The van der Waals surface area contributed by atoms with E-state index in [1.165, 1.54) is 10.4 Å². The van der Waals surface area contributed by atoms with Gasteiger partial charge in [-0.3, -0.25) is 9.36 Å². The number of fused-ring (bicyclic) bond motifs is 3. The normalized spacial score (nSPS) is 16.0. The van der Waals surface area contributed by atoms with Gasteiger partial charge < -0.3 is 0 Å². The predicted octanol–water partition coefficient (Wildman–Crippen LogP) is 5.58. The van der Waals surface area contributed by atoms with Gasteiger partial charge in [-0.25, -0.2) is 4.98 Å². The van der Waals surface area contributed by atoms with Crippen molar-refractivity contribution in [3.8, 4) is 11.8 Å². The third-order valence-electron chi connectivity index (χ3n) is 5.57. The number of aromatic nitrogens is 2. The minimum absolute atomic E-state index is 0.0542. The van der Waals surface area contributed by atoms with Gasteiger partial charge in [0.2, 0.25) is 0 Å². The third-order valence-corrected chi connectivity index (χ3v) is 7.74. The Labute approximate surface area is 179 Å². The van der Waals surface area contributed by atoms with Crippen molar-refractivity contribution >= 4 is 33.3 Å². The average molecular weight is 424 g/mol. The lowest BCUT2D eigenvalue weighted by atomic mass is 9.89. The number of hydrogen-bond donors (Lipinski definition) is 0. The summed E-state index contributed by atoms with van der Waals surface area (Å²) >= 11 is 3.28. The third kappa shape index (κ3) is 3.86. The van der Waals surface area contributed by atoms with Crippen molar-refractivity contribution in [2.75, 3.05) is 5.75 Å². The summed E-state index contributed by atoms with van der Waals surface area (Å²) in [5, 5.41) is 10.4. The minimum atomic E-state index is 0.0542. The Balaban J connectivity index is 1.92.